The molecule has 0 saturated carbocycles. The van der Waals surface area contributed by atoms with Gasteiger partial charge in [0.05, 0.1) is 27.5 Å². The van der Waals surface area contributed by atoms with Gasteiger partial charge in [-0.25, -0.2) is 37.3 Å². The van der Waals surface area contributed by atoms with Gasteiger partial charge in [-0.05, 0) is 153 Å². The molecule has 0 bridgehead atoms. The number of carbonyl (C=O) groups excluding carboxylic acids is 5. The minimum atomic E-state index is -1.67. The van der Waals surface area contributed by atoms with E-state index >= 15 is 0 Å². The Balaban J connectivity index is 0.000000227. The lowest BCUT2D eigenvalue weighted by atomic mass is 10.1. The first kappa shape index (κ1) is 77.3. The third-order valence-electron chi connectivity index (χ3n) is 13.0. The Kier molecular flexibility index (Phi) is 29.2. The first-order valence-corrected chi connectivity index (χ1v) is 33.8. The highest BCUT2D eigenvalue weighted by Gasteiger charge is 2.28. The molecule has 5 heterocycles. The second-order valence-electron chi connectivity index (χ2n) is 23.9. The number of anilines is 1. The van der Waals surface area contributed by atoms with Crippen molar-refractivity contribution in [2.24, 2.45) is 0 Å². The van der Waals surface area contributed by atoms with Gasteiger partial charge in [0.2, 0.25) is 15.1 Å². The van der Waals surface area contributed by atoms with Crippen molar-refractivity contribution >= 4 is 121 Å². The highest BCUT2D eigenvalue weighted by atomic mass is 79.9. The highest BCUT2D eigenvalue weighted by Crippen LogP contribution is 2.25. The number of nitrogen functional groups attached to an aromatic ring is 1. The quantitative estimate of drug-likeness (QED) is 0.0536. The Morgan fingerprint density at radius 2 is 1.02 bits per heavy atom. The van der Waals surface area contributed by atoms with Gasteiger partial charge in [0.25, 0.3) is 17.6 Å². The molecule has 506 valence electrons. The number of rotatable bonds is 2. The van der Waals surface area contributed by atoms with E-state index in [1.54, 1.807) is 90.6 Å². The van der Waals surface area contributed by atoms with Crippen LogP contribution in [0.5, 0.6) is 5.75 Å². The number of nitrogens with two attached hydrogens (primary N) is 1. The summed E-state index contributed by atoms with van der Waals surface area (Å²) in [5.74, 6) is 9.33. The van der Waals surface area contributed by atoms with Crippen LogP contribution in [0.2, 0.25) is 0 Å². The Morgan fingerprint density at radius 1 is 0.600 bits per heavy atom. The number of halogens is 6. The van der Waals surface area contributed by atoms with Gasteiger partial charge in [0.15, 0.2) is 5.75 Å². The molecule has 4 amide bonds. The number of aromatic nitrogens is 4. The fourth-order valence-electron chi connectivity index (χ4n) is 8.82. The van der Waals surface area contributed by atoms with E-state index in [1.165, 1.54) is 24.3 Å². The van der Waals surface area contributed by atoms with Crippen LogP contribution < -0.4 is 26.9 Å². The van der Waals surface area contributed by atoms with Crippen LogP contribution in [0.3, 0.4) is 0 Å². The number of nitrogens with one attached hydrogen (secondary N) is 1. The predicted molar refractivity (Wildman–Crippen MR) is 370 cm³/mol. The zero-order valence-electron chi connectivity index (χ0n) is 53.7. The second kappa shape index (κ2) is 35.9. The van der Waals surface area contributed by atoms with Gasteiger partial charge in [0, 0.05) is 125 Å². The summed E-state index contributed by atoms with van der Waals surface area (Å²) in [4.78, 5) is 97.2. The van der Waals surface area contributed by atoms with Gasteiger partial charge in [-0.3, -0.25) is 28.3 Å². The molecule has 0 aliphatic carbocycles. The van der Waals surface area contributed by atoms with Gasteiger partial charge >= 0.3 is 18.3 Å². The lowest BCUT2D eigenvalue weighted by molar-refractivity contribution is -0.121. The molecule has 28 heteroatoms. The number of fused-ring (bicyclic) bond motifs is 4. The third-order valence-corrected chi connectivity index (χ3v) is 14.0. The second-order valence-corrected chi connectivity index (χ2v) is 28.2. The van der Waals surface area contributed by atoms with Crippen molar-refractivity contribution in [2.75, 3.05) is 51.5 Å². The molecule has 1 fully saturated rings. The molecule has 3 N–H and O–H groups in total. The number of amides is 4. The number of nitrogens with zero attached hydrogens (tertiary/aromatic N) is 7. The van der Waals surface area contributed by atoms with Crippen LogP contribution in [0, 0.1) is 35.8 Å². The van der Waals surface area contributed by atoms with Crippen LogP contribution >= 0.6 is 53.2 Å². The van der Waals surface area contributed by atoms with Crippen LogP contribution in [-0.4, -0.2) is 131 Å². The van der Waals surface area contributed by atoms with Crippen LogP contribution in [0.25, 0.3) is 21.8 Å². The van der Waals surface area contributed by atoms with E-state index in [1.807, 2.05) is 74.4 Å². The van der Waals surface area contributed by atoms with E-state index in [2.05, 4.69) is 86.0 Å². The molecule has 2 aromatic heterocycles. The number of carbonyl (C=O) groups is 5. The van der Waals surface area contributed by atoms with Crippen molar-refractivity contribution in [3.05, 3.63) is 173 Å². The lowest BCUT2D eigenvalue weighted by Crippen LogP contribution is -2.38. The molecule has 1 saturated heterocycles. The first-order valence-electron chi connectivity index (χ1n) is 29.4. The molecule has 3 aliphatic heterocycles. The molecule has 0 spiro atoms. The number of hydrogen-bond acceptors (Lipinski definition) is 15. The van der Waals surface area contributed by atoms with Gasteiger partial charge in [-0.1, -0.05) is 61.8 Å². The summed E-state index contributed by atoms with van der Waals surface area (Å²) >= 11 is 6.63. The predicted octanol–water partition coefficient (Wildman–Crippen LogP) is 11.8. The summed E-state index contributed by atoms with van der Waals surface area (Å²) in [7, 11) is 7.36. The summed E-state index contributed by atoms with van der Waals surface area (Å²) in [6, 6.07) is 27.8. The standard InChI is InChI=1S/C25H24FN3O3.C17H20BrN3O3.C10H18N2O3.C8H5F.C7H6BrNO2.Cl2OS/c1-25(2,3)32-24(31)28-12-11-22-27-21-16-18(8-7-17-5-4-6-19(26)15-17)9-10-20(21)23(30)29(22)14-13-28;1-17(2,3)24-16(23)20-7-6-14-19-13-10-11(18)4-5-12(13)15(22)21(14)9-8-20;1-10(2,3)15-9(14)12-6-4-8(13)11-5-7-12;1-2-7-4-3-5-8(9)6-7;8-5-1-2-7(11-4-10)6(9)3-5;1-4(2)3/h4-6,9-10,15-16H,11-14H2,1-3H3;4-5,10H,6-9H2,1-3H3;4-7H2,1-3H3,(H,11,13);1,3-6H;1-4H,9H2;. The Labute approximate surface area is 577 Å². The lowest BCUT2D eigenvalue weighted by Gasteiger charge is -2.26. The fourth-order valence-corrected chi connectivity index (χ4v) is 9.55. The fraction of sp³-hybridized carbons (Fsp3) is 0.358. The van der Waals surface area contributed by atoms with E-state index < -0.39 is 32.1 Å². The zero-order valence-corrected chi connectivity index (χ0v) is 59.2. The first-order chi connectivity index (χ1) is 44.6. The van der Waals surface area contributed by atoms with Crippen molar-refractivity contribution in [1.29, 1.82) is 0 Å². The number of ether oxygens (including phenoxy) is 4. The molecule has 0 radical (unpaired) electrons. The topological polar surface area (TPSA) is 257 Å². The largest absolute Gasteiger partial charge is 0.444 e. The van der Waals surface area contributed by atoms with E-state index in [4.69, 9.17) is 35.6 Å². The number of terminal acetylenes is 1. The molecular formula is C67H73Br2Cl2F2N9O12S. The van der Waals surface area contributed by atoms with Crippen LogP contribution in [0.15, 0.2) is 122 Å². The van der Waals surface area contributed by atoms with Crippen molar-refractivity contribution in [1.82, 2.24) is 39.1 Å². The summed E-state index contributed by atoms with van der Waals surface area (Å²) in [6.07, 6.45) is 5.23. The summed E-state index contributed by atoms with van der Waals surface area (Å²) in [6.45, 7) is 20.8. The SMILES string of the molecule is C#Cc1cccc(F)c1.CC(C)(C)OC(=O)N1CCNC(=O)CC1.CC(C)(C)OC(=O)N1CCc2nc3cc(Br)ccc3c(=O)n2CC1.CC(C)(C)OC(=O)N1CCc2nc3cc(C#Cc4cccc(F)c4)ccc3c(=O)n2CC1.Nc1cc(Br)ccc1OC=O.O=S(Cl)Cl. The summed E-state index contributed by atoms with van der Waals surface area (Å²) in [5.41, 5.74) is 7.19. The maximum atomic E-state index is 13.4. The summed E-state index contributed by atoms with van der Waals surface area (Å²) < 4.78 is 60.4. The summed E-state index contributed by atoms with van der Waals surface area (Å²) in [5, 5.41) is 3.79. The molecule has 21 nitrogen and oxygen atoms in total. The molecule has 7 aromatic rings. The van der Waals surface area contributed by atoms with Gasteiger partial charge in [-0.2, -0.15) is 0 Å². The molecular weight excluding hydrogens is 1420 g/mol. The maximum absolute atomic E-state index is 13.4. The minimum absolute atomic E-state index is 0.0129. The molecule has 10 rings (SSSR count). The Morgan fingerprint density at radius 3 is 1.47 bits per heavy atom. The minimum Gasteiger partial charge on any atom is -0.444 e. The van der Waals surface area contributed by atoms with E-state index in [9.17, 15) is 42.3 Å². The van der Waals surface area contributed by atoms with Gasteiger partial charge in [0.1, 0.15) is 40.1 Å². The Bertz CT molecular complexity index is 4160. The van der Waals surface area contributed by atoms with Crippen LogP contribution in [0.4, 0.5) is 28.9 Å². The van der Waals surface area contributed by atoms with Crippen molar-refractivity contribution in [3.63, 3.8) is 0 Å². The third kappa shape index (κ3) is 26.4. The molecule has 3 aliphatic rings. The van der Waals surface area contributed by atoms with Crippen molar-refractivity contribution < 1.29 is 55.9 Å². The monoisotopic (exact) mass is 1490 g/mol. The molecule has 95 heavy (non-hydrogen) atoms. The zero-order chi connectivity index (χ0) is 70.4. The van der Waals surface area contributed by atoms with Gasteiger partial charge in [-0.15, -0.1) is 6.42 Å². The maximum Gasteiger partial charge on any atom is 0.410 e. The van der Waals surface area contributed by atoms with E-state index in [0.29, 0.717) is 146 Å². The normalized spacial score (nSPS) is 13.5. The van der Waals surface area contributed by atoms with Crippen LogP contribution in [-0.2, 0) is 59.0 Å². The van der Waals surface area contributed by atoms with Crippen molar-refractivity contribution in [3.8, 4) is 29.9 Å². The molecule has 5 aromatic carbocycles. The van der Waals surface area contributed by atoms with Crippen molar-refractivity contribution in [2.45, 2.75) is 111 Å². The molecule has 0 unspecified atom stereocenters. The average Bonchev–Trinajstić information content (AvgIpc) is 1.67. The molecule has 0 atom stereocenters. The van der Waals surface area contributed by atoms with Crippen LogP contribution in [0.1, 0.15) is 97.1 Å². The van der Waals surface area contributed by atoms with Gasteiger partial charge < -0.3 is 44.7 Å². The number of hydrogen-bond donors (Lipinski definition) is 2. The van der Waals surface area contributed by atoms with E-state index in [0.717, 1.165) is 8.95 Å². The van der Waals surface area contributed by atoms with E-state index in [-0.39, 0.29) is 40.8 Å². The average molecular weight is 1500 g/mol. The number of benzene rings is 5. The Hall–Kier alpha value is -8.40. The smallest absolute Gasteiger partial charge is 0.410 e. The highest BCUT2D eigenvalue weighted by molar-refractivity contribution is 9.10.